The Morgan fingerprint density at radius 1 is 1.20 bits per heavy atom. The van der Waals surface area contributed by atoms with Gasteiger partial charge in [-0.15, -0.1) is 5.10 Å². The molecule has 0 amide bonds. The van der Waals surface area contributed by atoms with Crippen molar-refractivity contribution in [3.63, 3.8) is 0 Å². The molecule has 6 nitrogen and oxygen atoms in total. The molecular weight excluding hydrogens is 366 g/mol. The Kier molecular flexibility index (Phi) is 4.29. The Hall–Kier alpha value is -2.75. The van der Waals surface area contributed by atoms with Crippen molar-refractivity contribution in [2.45, 2.75) is 6.18 Å². The molecule has 2 aromatic heterocycles. The average Bonchev–Trinajstić information content (AvgIpc) is 3.07. The summed E-state index contributed by atoms with van der Waals surface area (Å²) in [6.45, 7) is 0. The van der Waals surface area contributed by atoms with E-state index in [2.05, 4.69) is 20.3 Å². The maximum atomic E-state index is 14.6. The highest BCUT2D eigenvalue weighted by Gasteiger charge is 2.35. The molecule has 0 fully saturated rings. The first-order valence-electron chi connectivity index (χ1n) is 6.65. The Bertz CT molecular complexity index is 928. The van der Waals surface area contributed by atoms with Crippen molar-refractivity contribution in [2.24, 2.45) is 0 Å². The number of aromatic nitrogens is 5. The smallest absolute Gasteiger partial charge is 0.436 e. The van der Waals surface area contributed by atoms with Gasteiger partial charge in [0.25, 0.3) is 0 Å². The van der Waals surface area contributed by atoms with Crippen molar-refractivity contribution < 1.29 is 22.3 Å². The summed E-state index contributed by atoms with van der Waals surface area (Å²) in [4.78, 5) is 7.73. The summed E-state index contributed by atoms with van der Waals surface area (Å²) in [7, 11) is 1.36. The highest BCUT2D eigenvalue weighted by molar-refractivity contribution is 6.31. The van der Waals surface area contributed by atoms with E-state index in [4.69, 9.17) is 16.3 Å². The Balaban J connectivity index is 2.21. The summed E-state index contributed by atoms with van der Waals surface area (Å²) >= 11 is 5.80. The predicted octanol–water partition coefficient (Wildman–Crippen LogP) is 3.54. The first kappa shape index (κ1) is 17.1. The van der Waals surface area contributed by atoms with Crippen LogP contribution in [0, 0.1) is 5.82 Å². The largest absolute Gasteiger partial charge is 0.481 e. The van der Waals surface area contributed by atoms with Gasteiger partial charge in [-0.25, -0.2) is 19.0 Å². The minimum atomic E-state index is -4.68. The standard InChI is InChI=1S/C14H8ClF4N5O/c1-25-11-4-8(20-6-21-11)12-9(3-2-7(15)13(12)16)24-5-10(22-23-24)14(17,18)19/h2-6H,1H3. The van der Waals surface area contributed by atoms with E-state index >= 15 is 0 Å². The third-order valence-corrected chi connectivity index (χ3v) is 3.50. The summed E-state index contributed by atoms with van der Waals surface area (Å²) < 4.78 is 58.5. The number of ether oxygens (including phenoxy) is 1. The zero-order valence-electron chi connectivity index (χ0n) is 12.4. The molecule has 0 aliphatic heterocycles. The van der Waals surface area contributed by atoms with E-state index in [1.54, 1.807) is 0 Å². The van der Waals surface area contributed by atoms with Crippen LogP contribution >= 0.6 is 11.6 Å². The van der Waals surface area contributed by atoms with Crippen LogP contribution in [0.4, 0.5) is 17.6 Å². The number of halogens is 5. The molecule has 0 saturated heterocycles. The Morgan fingerprint density at radius 3 is 2.60 bits per heavy atom. The predicted molar refractivity (Wildman–Crippen MR) is 78.9 cm³/mol. The second kappa shape index (κ2) is 6.28. The maximum Gasteiger partial charge on any atom is 0.436 e. The number of alkyl halides is 3. The number of benzene rings is 1. The number of hydrogen-bond acceptors (Lipinski definition) is 5. The van der Waals surface area contributed by atoms with E-state index in [9.17, 15) is 17.6 Å². The van der Waals surface area contributed by atoms with Crippen LogP contribution in [0.3, 0.4) is 0 Å². The molecule has 25 heavy (non-hydrogen) atoms. The van der Waals surface area contributed by atoms with Gasteiger partial charge < -0.3 is 4.74 Å². The second-order valence-electron chi connectivity index (χ2n) is 4.75. The topological polar surface area (TPSA) is 65.7 Å². The third-order valence-electron chi connectivity index (χ3n) is 3.21. The quantitative estimate of drug-likeness (QED) is 0.657. The fourth-order valence-electron chi connectivity index (χ4n) is 2.07. The fraction of sp³-hybridized carbons (Fsp3) is 0.143. The molecule has 3 aromatic rings. The molecule has 2 heterocycles. The van der Waals surface area contributed by atoms with Crippen LogP contribution in [0.25, 0.3) is 16.9 Å². The van der Waals surface area contributed by atoms with E-state index < -0.39 is 17.7 Å². The van der Waals surface area contributed by atoms with E-state index in [1.165, 1.54) is 25.3 Å². The van der Waals surface area contributed by atoms with Gasteiger partial charge in [-0.05, 0) is 12.1 Å². The van der Waals surface area contributed by atoms with Crippen LogP contribution in [-0.2, 0) is 6.18 Å². The molecule has 0 bridgehead atoms. The summed E-state index contributed by atoms with van der Waals surface area (Å²) in [6, 6.07) is 3.83. The van der Waals surface area contributed by atoms with Crippen LogP contribution in [-0.4, -0.2) is 32.1 Å². The zero-order valence-corrected chi connectivity index (χ0v) is 13.2. The van der Waals surface area contributed by atoms with Crippen molar-refractivity contribution in [2.75, 3.05) is 7.11 Å². The molecule has 0 aliphatic carbocycles. The average molecular weight is 374 g/mol. The minimum absolute atomic E-state index is 0.0225. The molecule has 1 aromatic carbocycles. The van der Waals surface area contributed by atoms with E-state index in [0.717, 1.165) is 11.0 Å². The molecule has 0 spiro atoms. The molecule has 3 rings (SSSR count). The number of nitrogens with zero attached hydrogens (tertiary/aromatic N) is 5. The molecule has 0 aliphatic rings. The highest BCUT2D eigenvalue weighted by atomic mass is 35.5. The molecule has 11 heteroatoms. The molecule has 0 unspecified atom stereocenters. The molecule has 0 radical (unpaired) electrons. The lowest BCUT2D eigenvalue weighted by molar-refractivity contribution is -0.141. The normalized spacial score (nSPS) is 11.6. The number of methoxy groups -OCH3 is 1. The first-order chi connectivity index (χ1) is 11.8. The summed E-state index contributed by atoms with van der Waals surface area (Å²) in [5, 5.41) is 6.25. The first-order valence-corrected chi connectivity index (χ1v) is 7.03. The van der Waals surface area contributed by atoms with E-state index in [0.29, 0.717) is 6.20 Å². The number of hydrogen-bond donors (Lipinski definition) is 0. The van der Waals surface area contributed by atoms with Gasteiger partial charge in [-0.3, -0.25) is 0 Å². The van der Waals surface area contributed by atoms with Gasteiger partial charge in [0, 0.05) is 6.07 Å². The lowest BCUT2D eigenvalue weighted by Gasteiger charge is -2.11. The maximum absolute atomic E-state index is 14.6. The lowest BCUT2D eigenvalue weighted by atomic mass is 10.1. The summed E-state index contributed by atoms with van der Waals surface area (Å²) in [5.74, 6) is -0.728. The van der Waals surface area contributed by atoms with Crippen molar-refractivity contribution >= 4 is 11.6 Å². The second-order valence-corrected chi connectivity index (χ2v) is 5.15. The van der Waals surface area contributed by atoms with Crippen LogP contribution in [0.15, 0.2) is 30.7 Å². The van der Waals surface area contributed by atoms with Gasteiger partial charge in [0.2, 0.25) is 5.88 Å². The van der Waals surface area contributed by atoms with Gasteiger partial charge in [0.05, 0.1) is 35.3 Å². The number of rotatable bonds is 3. The van der Waals surface area contributed by atoms with Crippen molar-refractivity contribution in [1.82, 2.24) is 25.0 Å². The lowest BCUT2D eigenvalue weighted by Crippen LogP contribution is -2.05. The van der Waals surface area contributed by atoms with Gasteiger partial charge >= 0.3 is 6.18 Å². The summed E-state index contributed by atoms with van der Waals surface area (Å²) in [5.41, 5.74) is -1.34. The highest BCUT2D eigenvalue weighted by Crippen LogP contribution is 2.34. The van der Waals surface area contributed by atoms with Crippen LogP contribution in [0.1, 0.15) is 5.69 Å². The van der Waals surface area contributed by atoms with Crippen molar-refractivity contribution in [3.05, 3.63) is 47.3 Å². The molecule has 0 N–H and O–H groups in total. The van der Waals surface area contributed by atoms with Crippen LogP contribution < -0.4 is 4.74 Å². The van der Waals surface area contributed by atoms with E-state index in [-0.39, 0.29) is 27.8 Å². The van der Waals surface area contributed by atoms with Gasteiger partial charge in [0.15, 0.2) is 11.5 Å². The molecule has 0 saturated carbocycles. The third kappa shape index (κ3) is 3.25. The van der Waals surface area contributed by atoms with Gasteiger partial charge in [0.1, 0.15) is 6.33 Å². The van der Waals surface area contributed by atoms with Crippen LogP contribution in [0.2, 0.25) is 5.02 Å². The van der Waals surface area contributed by atoms with E-state index in [1.807, 2.05) is 0 Å². The molecule has 130 valence electrons. The molecular formula is C14H8ClF4N5O. The van der Waals surface area contributed by atoms with Crippen molar-refractivity contribution in [3.8, 4) is 22.8 Å². The minimum Gasteiger partial charge on any atom is -0.481 e. The van der Waals surface area contributed by atoms with Crippen LogP contribution in [0.5, 0.6) is 5.88 Å². The van der Waals surface area contributed by atoms with Crippen molar-refractivity contribution in [1.29, 1.82) is 0 Å². The van der Waals surface area contributed by atoms with Gasteiger partial charge in [-0.1, -0.05) is 16.8 Å². The summed E-state index contributed by atoms with van der Waals surface area (Å²) in [6.07, 6.45) is -2.91. The van der Waals surface area contributed by atoms with Gasteiger partial charge in [-0.2, -0.15) is 13.2 Å². The monoisotopic (exact) mass is 373 g/mol. The Morgan fingerprint density at radius 2 is 1.96 bits per heavy atom. The fourth-order valence-corrected chi connectivity index (χ4v) is 2.23. The zero-order chi connectivity index (χ0) is 18.2. The Labute approximate surface area is 143 Å². The SMILES string of the molecule is COc1cc(-c2c(-n3cc(C(F)(F)F)nn3)ccc(Cl)c2F)ncn1. The molecule has 0 atom stereocenters.